The van der Waals surface area contributed by atoms with Gasteiger partial charge in [-0.3, -0.25) is 0 Å². The molecule has 0 amide bonds. The van der Waals surface area contributed by atoms with Crippen LogP contribution in [0.1, 0.15) is 11.1 Å². The maximum Gasteiger partial charge on any atom is 0.194 e. The summed E-state index contributed by atoms with van der Waals surface area (Å²) in [5.41, 5.74) is 1.52. The van der Waals surface area contributed by atoms with E-state index in [2.05, 4.69) is 5.32 Å². The van der Waals surface area contributed by atoms with E-state index in [0.29, 0.717) is 12.1 Å². The Morgan fingerprint density at radius 1 is 1.00 bits per heavy atom. The normalized spacial score (nSPS) is 10.0. The lowest BCUT2D eigenvalue weighted by molar-refractivity contribution is 0.447. The van der Waals surface area contributed by atoms with E-state index in [-0.39, 0.29) is 5.69 Å². The molecule has 1 N–H and O–H groups in total. The van der Waals surface area contributed by atoms with E-state index in [1.165, 1.54) is 0 Å². The summed E-state index contributed by atoms with van der Waals surface area (Å²) in [6.45, 7) is 0.316. The summed E-state index contributed by atoms with van der Waals surface area (Å²) in [4.78, 5) is 0. The predicted octanol–water partition coefficient (Wildman–Crippen LogP) is 3.59. The van der Waals surface area contributed by atoms with Gasteiger partial charge in [-0.05, 0) is 17.7 Å². The lowest BCUT2D eigenvalue weighted by atomic mass is 10.1. The number of nitrogens with one attached hydrogen (secondary N) is 1. The SMILES string of the molecule is N#Cc1ccc(CNc2cc(F)c(F)c(F)c2)cc1. The van der Waals surface area contributed by atoms with E-state index in [4.69, 9.17) is 5.26 Å². The van der Waals surface area contributed by atoms with Gasteiger partial charge in [-0.1, -0.05) is 12.1 Å². The van der Waals surface area contributed by atoms with Gasteiger partial charge in [-0.25, -0.2) is 13.2 Å². The highest BCUT2D eigenvalue weighted by atomic mass is 19.2. The summed E-state index contributed by atoms with van der Waals surface area (Å²) in [6, 6.07) is 10.5. The molecule has 0 spiro atoms. The van der Waals surface area contributed by atoms with Gasteiger partial charge in [0.1, 0.15) is 0 Å². The molecule has 0 radical (unpaired) electrons. The number of halogens is 3. The molecule has 2 aromatic rings. The van der Waals surface area contributed by atoms with E-state index >= 15 is 0 Å². The van der Waals surface area contributed by atoms with Gasteiger partial charge in [0.05, 0.1) is 11.6 Å². The molecule has 19 heavy (non-hydrogen) atoms. The second-order valence-corrected chi connectivity index (χ2v) is 3.92. The molecule has 0 aromatic heterocycles. The van der Waals surface area contributed by atoms with Crippen molar-refractivity contribution in [2.45, 2.75) is 6.54 Å². The molecule has 5 heteroatoms. The van der Waals surface area contributed by atoms with E-state index in [9.17, 15) is 13.2 Å². The Kier molecular flexibility index (Phi) is 3.71. The first-order valence-electron chi connectivity index (χ1n) is 5.47. The largest absolute Gasteiger partial charge is 0.381 e. The van der Waals surface area contributed by atoms with Crippen molar-refractivity contribution in [1.82, 2.24) is 0 Å². The lowest BCUT2D eigenvalue weighted by Crippen LogP contribution is -2.01. The minimum atomic E-state index is -1.48. The van der Waals surface area contributed by atoms with E-state index < -0.39 is 17.5 Å². The summed E-state index contributed by atoms with van der Waals surface area (Å²) in [6.07, 6.45) is 0. The summed E-state index contributed by atoms with van der Waals surface area (Å²) in [7, 11) is 0. The van der Waals surface area contributed by atoms with Crippen LogP contribution in [0.2, 0.25) is 0 Å². The first-order valence-corrected chi connectivity index (χ1v) is 5.47. The zero-order valence-electron chi connectivity index (χ0n) is 9.75. The molecule has 0 atom stereocenters. The van der Waals surface area contributed by atoms with Crippen molar-refractivity contribution in [2.24, 2.45) is 0 Å². The van der Waals surface area contributed by atoms with Crippen LogP contribution in [0.3, 0.4) is 0 Å². The topological polar surface area (TPSA) is 35.8 Å². The molecule has 0 aliphatic heterocycles. The van der Waals surface area contributed by atoms with Crippen molar-refractivity contribution in [2.75, 3.05) is 5.32 Å². The number of nitrogens with zero attached hydrogens (tertiary/aromatic N) is 1. The van der Waals surface area contributed by atoms with Crippen LogP contribution in [0.15, 0.2) is 36.4 Å². The zero-order chi connectivity index (χ0) is 13.8. The van der Waals surface area contributed by atoms with Crippen molar-refractivity contribution in [3.05, 3.63) is 65.0 Å². The number of nitriles is 1. The van der Waals surface area contributed by atoms with Gasteiger partial charge in [0, 0.05) is 24.4 Å². The van der Waals surface area contributed by atoms with E-state index in [1.807, 2.05) is 6.07 Å². The smallest absolute Gasteiger partial charge is 0.194 e. The summed E-state index contributed by atoms with van der Waals surface area (Å²) < 4.78 is 38.7. The van der Waals surface area contributed by atoms with Gasteiger partial charge in [0.25, 0.3) is 0 Å². The number of hydrogen-bond donors (Lipinski definition) is 1. The highest BCUT2D eigenvalue weighted by molar-refractivity contribution is 5.45. The van der Waals surface area contributed by atoms with Gasteiger partial charge in [-0.15, -0.1) is 0 Å². The van der Waals surface area contributed by atoms with Crippen LogP contribution in [0.25, 0.3) is 0 Å². The average molecular weight is 262 g/mol. The van der Waals surface area contributed by atoms with Crippen LogP contribution >= 0.6 is 0 Å². The molecule has 2 aromatic carbocycles. The molecule has 2 nitrogen and oxygen atoms in total. The van der Waals surface area contributed by atoms with Gasteiger partial charge < -0.3 is 5.32 Å². The predicted molar refractivity (Wildman–Crippen MR) is 64.8 cm³/mol. The van der Waals surface area contributed by atoms with Crippen LogP contribution in [0, 0.1) is 28.8 Å². The lowest BCUT2D eigenvalue weighted by Gasteiger charge is -2.07. The molecule has 0 saturated heterocycles. The Hall–Kier alpha value is -2.48. The average Bonchev–Trinajstić information content (AvgIpc) is 2.43. The summed E-state index contributed by atoms with van der Waals surface area (Å²) in [5, 5.41) is 11.4. The highest BCUT2D eigenvalue weighted by Gasteiger charge is 2.10. The summed E-state index contributed by atoms with van der Waals surface area (Å²) in [5.74, 6) is -3.95. The first-order chi connectivity index (χ1) is 9.10. The third-order valence-corrected chi connectivity index (χ3v) is 2.56. The van der Waals surface area contributed by atoms with Gasteiger partial charge in [-0.2, -0.15) is 5.26 Å². The number of hydrogen-bond acceptors (Lipinski definition) is 2. The van der Waals surface area contributed by atoms with Crippen molar-refractivity contribution in [3.8, 4) is 6.07 Å². The molecule has 0 fully saturated rings. The number of benzene rings is 2. The molecule has 0 unspecified atom stereocenters. The number of anilines is 1. The molecule has 0 aliphatic rings. The first kappa shape index (κ1) is 13.0. The van der Waals surface area contributed by atoms with Crippen LogP contribution in [-0.2, 0) is 6.54 Å². The third kappa shape index (κ3) is 3.05. The second-order valence-electron chi connectivity index (χ2n) is 3.92. The van der Waals surface area contributed by atoms with Gasteiger partial charge >= 0.3 is 0 Å². The molecule has 0 saturated carbocycles. The minimum Gasteiger partial charge on any atom is -0.381 e. The zero-order valence-corrected chi connectivity index (χ0v) is 9.75. The Bertz CT molecular complexity index is 607. The number of rotatable bonds is 3. The van der Waals surface area contributed by atoms with Crippen LogP contribution in [0.5, 0.6) is 0 Å². The Labute approximate surface area is 108 Å². The third-order valence-electron chi connectivity index (χ3n) is 2.56. The standard InChI is InChI=1S/C14H9F3N2/c15-12-5-11(6-13(16)14(12)17)19-8-10-3-1-9(7-18)2-4-10/h1-6,19H,8H2. The quantitative estimate of drug-likeness (QED) is 0.858. The van der Waals surface area contributed by atoms with Crippen molar-refractivity contribution >= 4 is 5.69 Å². The molecule has 0 heterocycles. The van der Waals surface area contributed by atoms with Crippen LogP contribution in [-0.4, -0.2) is 0 Å². The molecule has 96 valence electrons. The van der Waals surface area contributed by atoms with Crippen LogP contribution < -0.4 is 5.32 Å². The monoisotopic (exact) mass is 262 g/mol. The fourth-order valence-electron chi connectivity index (χ4n) is 1.56. The Morgan fingerprint density at radius 3 is 2.11 bits per heavy atom. The maximum absolute atomic E-state index is 13.0. The second kappa shape index (κ2) is 5.44. The van der Waals surface area contributed by atoms with Crippen molar-refractivity contribution in [3.63, 3.8) is 0 Å². The van der Waals surface area contributed by atoms with Crippen LogP contribution in [0.4, 0.5) is 18.9 Å². The van der Waals surface area contributed by atoms with Gasteiger partial charge in [0.2, 0.25) is 0 Å². The molecular formula is C14H9F3N2. The maximum atomic E-state index is 13.0. The molecule has 0 bridgehead atoms. The highest BCUT2D eigenvalue weighted by Crippen LogP contribution is 2.18. The fraction of sp³-hybridized carbons (Fsp3) is 0.0714. The molecular weight excluding hydrogens is 253 g/mol. The fourth-order valence-corrected chi connectivity index (χ4v) is 1.56. The van der Waals surface area contributed by atoms with Crippen molar-refractivity contribution in [1.29, 1.82) is 5.26 Å². The molecule has 2 rings (SSSR count). The van der Waals surface area contributed by atoms with E-state index in [1.54, 1.807) is 24.3 Å². The van der Waals surface area contributed by atoms with Crippen molar-refractivity contribution < 1.29 is 13.2 Å². The Balaban J connectivity index is 2.08. The Morgan fingerprint density at radius 2 is 1.58 bits per heavy atom. The van der Waals surface area contributed by atoms with E-state index in [0.717, 1.165) is 17.7 Å². The molecule has 0 aliphatic carbocycles. The van der Waals surface area contributed by atoms with Gasteiger partial charge in [0.15, 0.2) is 17.5 Å². The summed E-state index contributed by atoms with van der Waals surface area (Å²) >= 11 is 0. The minimum absolute atomic E-state index is 0.153.